The van der Waals surface area contributed by atoms with Gasteiger partial charge in [0, 0.05) is 16.3 Å². The molecule has 0 N–H and O–H groups in total. The van der Waals surface area contributed by atoms with Crippen molar-refractivity contribution in [1.82, 2.24) is 9.38 Å². The van der Waals surface area contributed by atoms with Gasteiger partial charge in [-0.25, -0.2) is 4.98 Å². The molecule has 0 amide bonds. The zero-order valence-corrected chi connectivity index (χ0v) is 12.8. The van der Waals surface area contributed by atoms with Crippen LogP contribution in [0.1, 0.15) is 46.3 Å². The number of hydrogen-bond donors (Lipinski definition) is 0. The summed E-state index contributed by atoms with van der Waals surface area (Å²) in [4.78, 5) is 7.76. The molecule has 1 aromatic carbocycles. The number of benzene rings is 1. The molecule has 2 heterocycles. The van der Waals surface area contributed by atoms with Gasteiger partial charge in [-0.05, 0) is 50.0 Å². The number of fused-ring (bicyclic) bond motifs is 5. The molecule has 0 spiro atoms. The molecule has 21 heavy (non-hydrogen) atoms. The SMILES string of the molecule is c1ccc(C2CCc3nc4sc5c(n4c3C2)CCC5)cc1. The van der Waals surface area contributed by atoms with Gasteiger partial charge < -0.3 is 0 Å². The van der Waals surface area contributed by atoms with Crippen LogP contribution >= 0.6 is 11.3 Å². The number of rotatable bonds is 1. The van der Waals surface area contributed by atoms with Gasteiger partial charge in [-0.2, -0.15) is 0 Å². The van der Waals surface area contributed by atoms with E-state index >= 15 is 0 Å². The molecule has 2 aliphatic carbocycles. The van der Waals surface area contributed by atoms with E-state index in [0.717, 1.165) is 12.8 Å². The van der Waals surface area contributed by atoms with E-state index in [1.54, 1.807) is 10.6 Å². The predicted molar refractivity (Wildman–Crippen MR) is 86.3 cm³/mol. The maximum atomic E-state index is 4.93. The van der Waals surface area contributed by atoms with Crippen LogP contribution < -0.4 is 0 Å². The number of aromatic nitrogens is 2. The molecule has 0 fully saturated rings. The molecule has 1 unspecified atom stereocenters. The van der Waals surface area contributed by atoms with Crippen molar-refractivity contribution in [2.75, 3.05) is 0 Å². The highest BCUT2D eigenvalue weighted by Crippen LogP contribution is 2.38. The van der Waals surface area contributed by atoms with E-state index in [2.05, 4.69) is 34.7 Å². The lowest BCUT2D eigenvalue weighted by Crippen LogP contribution is -2.14. The van der Waals surface area contributed by atoms with Gasteiger partial charge in [0.15, 0.2) is 4.96 Å². The first-order chi connectivity index (χ1) is 10.4. The molecule has 0 bridgehead atoms. The van der Waals surface area contributed by atoms with E-state index in [0.29, 0.717) is 5.92 Å². The fraction of sp³-hybridized carbons (Fsp3) is 0.389. The molecule has 2 nitrogen and oxygen atoms in total. The third-order valence-electron chi connectivity index (χ3n) is 5.09. The molecule has 5 rings (SSSR count). The molecule has 106 valence electrons. The Morgan fingerprint density at radius 2 is 1.95 bits per heavy atom. The Labute approximate surface area is 128 Å². The van der Waals surface area contributed by atoms with Crippen LogP contribution in [0.15, 0.2) is 30.3 Å². The van der Waals surface area contributed by atoms with Crippen molar-refractivity contribution in [3.63, 3.8) is 0 Å². The Bertz CT molecular complexity index is 813. The number of hydrogen-bond acceptors (Lipinski definition) is 2. The molecular weight excluding hydrogens is 276 g/mol. The molecular formula is C18H18N2S. The van der Waals surface area contributed by atoms with E-state index in [-0.39, 0.29) is 0 Å². The Morgan fingerprint density at radius 3 is 2.86 bits per heavy atom. The molecule has 0 aliphatic heterocycles. The van der Waals surface area contributed by atoms with Crippen molar-refractivity contribution in [3.05, 3.63) is 57.9 Å². The van der Waals surface area contributed by atoms with Gasteiger partial charge in [-0.1, -0.05) is 30.3 Å². The third kappa shape index (κ3) is 1.73. The third-order valence-corrected chi connectivity index (χ3v) is 6.23. The highest BCUT2D eigenvalue weighted by Gasteiger charge is 2.28. The standard InChI is InChI=1S/C18H18N2S/c1-2-5-12(6-3-1)13-9-10-14-16(11-13)20-15-7-4-8-17(15)21-18(20)19-14/h1-3,5-6,13H,4,7-11H2. The average Bonchev–Trinajstić information content (AvgIpc) is 3.17. The molecule has 1 atom stereocenters. The predicted octanol–water partition coefficient (Wildman–Crippen LogP) is 4.16. The highest BCUT2D eigenvalue weighted by molar-refractivity contribution is 7.17. The van der Waals surface area contributed by atoms with Crippen molar-refractivity contribution in [2.24, 2.45) is 0 Å². The van der Waals surface area contributed by atoms with Crippen molar-refractivity contribution in [2.45, 2.75) is 44.4 Å². The van der Waals surface area contributed by atoms with Crippen LogP contribution in [0.5, 0.6) is 0 Å². The largest absolute Gasteiger partial charge is 0.291 e. The Hall–Kier alpha value is -1.61. The Kier molecular flexibility index (Phi) is 2.53. The molecule has 0 saturated carbocycles. The topological polar surface area (TPSA) is 17.3 Å². The average molecular weight is 294 g/mol. The summed E-state index contributed by atoms with van der Waals surface area (Å²) < 4.78 is 2.51. The summed E-state index contributed by atoms with van der Waals surface area (Å²) in [7, 11) is 0. The van der Waals surface area contributed by atoms with Gasteiger partial charge in [0.25, 0.3) is 0 Å². The van der Waals surface area contributed by atoms with Crippen molar-refractivity contribution in [1.29, 1.82) is 0 Å². The minimum Gasteiger partial charge on any atom is -0.291 e. The van der Waals surface area contributed by atoms with Gasteiger partial charge in [-0.15, -0.1) is 11.3 Å². The van der Waals surface area contributed by atoms with Crippen LogP contribution in [0.4, 0.5) is 0 Å². The second-order valence-electron chi connectivity index (χ2n) is 6.30. The first kappa shape index (κ1) is 12.0. The molecule has 0 radical (unpaired) electrons. The fourth-order valence-electron chi connectivity index (χ4n) is 4.04. The van der Waals surface area contributed by atoms with Crippen molar-refractivity contribution in [3.8, 4) is 0 Å². The van der Waals surface area contributed by atoms with Crippen LogP contribution in [-0.4, -0.2) is 9.38 Å². The van der Waals surface area contributed by atoms with Gasteiger partial charge in [0.1, 0.15) is 0 Å². The van der Waals surface area contributed by atoms with Crippen LogP contribution in [-0.2, 0) is 25.7 Å². The van der Waals surface area contributed by atoms with Gasteiger partial charge in [0.2, 0.25) is 0 Å². The molecule has 3 heteroatoms. The summed E-state index contributed by atoms with van der Waals surface area (Å²) in [5.74, 6) is 0.663. The van der Waals surface area contributed by atoms with E-state index in [1.165, 1.54) is 47.6 Å². The lowest BCUT2D eigenvalue weighted by Gasteiger charge is -2.22. The van der Waals surface area contributed by atoms with Crippen LogP contribution in [0.25, 0.3) is 4.96 Å². The van der Waals surface area contributed by atoms with Gasteiger partial charge >= 0.3 is 0 Å². The number of aryl methyl sites for hydroxylation is 3. The monoisotopic (exact) mass is 294 g/mol. The zero-order chi connectivity index (χ0) is 13.8. The molecule has 3 aromatic rings. The van der Waals surface area contributed by atoms with Gasteiger partial charge in [0.05, 0.1) is 5.69 Å². The molecule has 2 aromatic heterocycles. The number of nitrogens with zero attached hydrogens (tertiary/aromatic N) is 2. The van der Waals surface area contributed by atoms with E-state index in [4.69, 9.17) is 4.98 Å². The first-order valence-corrected chi connectivity index (χ1v) is 8.77. The van der Waals surface area contributed by atoms with Crippen LogP contribution in [0, 0.1) is 0 Å². The number of thiazole rings is 1. The quantitative estimate of drug-likeness (QED) is 0.659. The summed E-state index contributed by atoms with van der Waals surface area (Å²) in [6.07, 6.45) is 7.37. The van der Waals surface area contributed by atoms with E-state index < -0.39 is 0 Å². The van der Waals surface area contributed by atoms with Crippen LogP contribution in [0.3, 0.4) is 0 Å². The Balaban J connectivity index is 1.61. The molecule has 2 aliphatic rings. The van der Waals surface area contributed by atoms with Crippen LogP contribution in [0.2, 0.25) is 0 Å². The van der Waals surface area contributed by atoms with Crippen molar-refractivity contribution < 1.29 is 0 Å². The smallest absolute Gasteiger partial charge is 0.194 e. The second-order valence-corrected chi connectivity index (χ2v) is 7.36. The fourth-order valence-corrected chi connectivity index (χ4v) is 5.29. The Morgan fingerprint density at radius 1 is 1.05 bits per heavy atom. The van der Waals surface area contributed by atoms with E-state index in [9.17, 15) is 0 Å². The minimum absolute atomic E-state index is 0.663. The summed E-state index contributed by atoms with van der Waals surface area (Å²) in [6, 6.07) is 11.0. The second kappa shape index (κ2) is 4.44. The summed E-state index contributed by atoms with van der Waals surface area (Å²) in [5.41, 5.74) is 5.93. The summed E-state index contributed by atoms with van der Waals surface area (Å²) >= 11 is 1.93. The maximum absolute atomic E-state index is 4.93. The normalized spacial score (nSPS) is 20.7. The van der Waals surface area contributed by atoms with Gasteiger partial charge in [-0.3, -0.25) is 4.40 Å². The van der Waals surface area contributed by atoms with Crippen molar-refractivity contribution >= 4 is 16.3 Å². The minimum atomic E-state index is 0.663. The first-order valence-electron chi connectivity index (χ1n) is 7.96. The lowest BCUT2D eigenvalue weighted by atomic mass is 9.84. The lowest BCUT2D eigenvalue weighted by molar-refractivity contribution is 0.566. The summed E-state index contributed by atoms with van der Waals surface area (Å²) in [5, 5.41) is 0. The highest BCUT2D eigenvalue weighted by atomic mass is 32.1. The molecule has 0 saturated heterocycles. The number of imidazole rings is 1. The summed E-state index contributed by atoms with van der Waals surface area (Å²) in [6.45, 7) is 0. The maximum Gasteiger partial charge on any atom is 0.194 e. The zero-order valence-electron chi connectivity index (χ0n) is 12.0. The van der Waals surface area contributed by atoms with E-state index in [1.807, 2.05) is 11.3 Å².